The molecule has 2 aliphatic heterocycles. The molecular formula is C25H22N4O5. The molecule has 0 aliphatic carbocycles. The number of methoxy groups -OCH3 is 2. The zero-order valence-electron chi connectivity index (χ0n) is 18.6. The smallest absolute Gasteiger partial charge is 0.264 e. The van der Waals surface area contributed by atoms with E-state index in [2.05, 4.69) is 10.3 Å². The van der Waals surface area contributed by atoms with E-state index in [1.165, 1.54) is 14.2 Å². The van der Waals surface area contributed by atoms with Gasteiger partial charge in [-0.3, -0.25) is 19.3 Å². The first-order valence-electron chi connectivity index (χ1n) is 10.7. The summed E-state index contributed by atoms with van der Waals surface area (Å²) in [6.07, 6.45) is 0.916. The number of fused-ring (bicyclic) bond motifs is 5. The van der Waals surface area contributed by atoms with E-state index in [0.717, 1.165) is 0 Å². The van der Waals surface area contributed by atoms with Gasteiger partial charge in [0.25, 0.3) is 11.8 Å². The van der Waals surface area contributed by atoms with Gasteiger partial charge in [0.05, 0.1) is 31.0 Å². The van der Waals surface area contributed by atoms with E-state index in [0.29, 0.717) is 39.7 Å². The Labute approximate surface area is 195 Å². The van der Waals surface area contributed by atoms with Gasteiger partial charge in [-0.2, -0.15) is 0 Å². The van der Waals surface area contributed by atoms with Crippen molar-refractivity contribution < 1.29 is 23.9 Å². The minimum absolute atomic E-state index is 0.0334. The lowest BCUT2D eigenvalue weighted by atomic mass is 10.0. The summed E-state index contributed by atoms with van der Waals surface area (Å²) in [6, 6.07) is 15.7. The maximum Gasteiger partial charge on any atom is 0.264 e. The molecule has 5 rings (SSSR count). The molecule has 34 heavy (non-hydrogen) atoms. The van der Waals surface area contributed by atoms with Gasteiger partial charge in [0, 0.05) is 24.7 Å². The Balaban J connectivity index is 1.53. The Morgan fingerprint density at radius 2 is 1.79 bits per heavy atom. The number of benzene rings is 2. The van der Waals surface area contributed by atoms with Crippen LogP contribution in [0.5, 0.6) is 11.5 Å². The lowest BCUT2D eigenvalue weighted by Gasteiger charge is -2.40. The molecule has 0 bridgehead atoms. The van der Waals surface area contributed by atoms with Gasteiger partial charge >= 0.3 is 0 Å². The first-order chi connectivity index (χ1) is 16.5. The highest BCUT2D eigenvalue weighted by Gasteiger charge is 2.49. The summed E-state index contributed by atoms with van der Waals surface area (Å²) in [5.74, 6) is 0.348. The monoisotopic (exact) mass is 458 g/mol. The third-order valence-corrected chi connectivity index (χ3v) is 6.00. The van der Waals surface area contributed by atoms with Crippen LogP contribution in [0, 0.1) is 0 Å². The Morgan fingerprint density at radius 3 is 2.53 bits per heavy atom. The van der Waals surface area contributed by atoms with Gasteiger partial charge in [-0.1, -0.05) is 24.3 Å². The minimum atomic E-state index is -0.702. The highest BCUT2D eigenvalue weighted by molar-refractivity contribution is 6.18. The normalized spacial score (nSPS) is 16.0. The summed E-state index contributed by atoms with van der Waals surface area (Å²) in [5, 5.41) is 2.73. The number of amides is 3. The molecule has 2 aliphatic rings. The summed E-state index contributed by atoms with van der Waals surface area (Å²) in [4.78, 5) is 47.0. The van der Waals surface area contributed by atoms with E-state index in [-0.39, 0.29) is 30.7 Å². The number of carbonyl (C=O) groups excluding carboxylic acids is 3. The topological polar surface area (TPSA) is 101 Å². The van der Waals surface area contributed by atoms with Gasteiger partial charge in [-0.15, -0.1) is 0 Å². The zero-order valence-corrected chi connectivity index (χ0v) is 18.6. The van der Waals surface area contributed by atoms with Crippen molar-refractivity contribution in [2.45, 2.75) is 12.6 Å². The fourth-order valence-corrected chi connectivity index (χ4v) is 4.52. The molecule has 1 aromatic heterocycles. The largest absolute Gasteiger partial charge is 0.493 e. The van der Waals surface area contributed by atoms with Crippen LogP contribution in [0.15, 0.2) is 60.8 Å². The summed E-state index contributed by atoms with van der Waals surface area (Å²) in [5.41, 5.74) is 1.89. The van der Waals surface area contributed by atoms with Crippen LogP contribution in [0.4, 0.5) is 11.5 Å². The van der Waals surface area contributed by atoms with Crippen molar-refractivity contribution >= 4 is 29.2 Å². The molecular weight excluding hydrogens is 436 g/mol. The van der Waals surface area contributed by atoms with E-state index in [1.54, 1.807) is 70.6 Å². The van der Waals surface area contributed by atoms with Crippen molar-refractivity contribution in [2.24, 2.45) is 0 Å². The van der Waals surface area contributed by atoms with Gasteiger partial charge in [-0.25, -0.2) is 4.98 Å². The molecule has 0 radical (unpaired) electrons. The van der Waals surface area contributed by atoms with Gasteiger partial charge in [0.1, 0.15) is 12.0 Å². The first kappa shape index (κ1) is 21.4. The van der Waals surface area contributed by atoms with E-state index in [4.69, 9.17) is 9.47 Å². The Kier molecular flexibility index (Phi) is 5.37. The third kappa shape index (κ3) is 3.33. The fraction of sp³-hybridized carbons (Fsp3) is 0.200. The van der Waals surface area contributed by atoms with E-state index < -0.39 is 6.17 Å². The van der Waals surface area contributed by atoms with Crippen molar-refractivity contribution in [2.75, 3.05) is 31.0 Å². The lowest BCUT2D eigenvalue weighted by Crippen LogP contribution is -2.49. The van der Waals surface area contributed by atoms with Crippen molar-refractivity contribution in [1.29, 1.82) is 0 Å². The summed E-state index contributed by atoms with van der Waals surface area (Å²) >= 11 is 0. The molecule has 0 saturated carbocycles. The molecule has 2 aromatic carbocycles. The molecule has 1 N–H and O–H groups in total. The SMILES string of the molecule is COc1ccc2c(c1OC)C(=O)N1c3ccccc3C(=O)N(CCC(=O)Nc3ccccn3)[C@@H]21. The van der Waals surface area contributed by atoms with Gasteiger partial charge in [-0.05, 0) is 30.3 Å². The number of carbonyl (C=O) groups is 3. The van der Waals surface area contributed by atoms with Gasteiger partial charge in [0.2, 0.25) is 5.91 Å². The summed E-state index contributed by atoms with van der Waals surface area (Å²) < 4.78 is 10.9. The van der Waals surface area contributed by atoms with Crippen LogP contribution in [-0.2, 0) is 4.79 Å². The number of hydrogen-bond acceptors (Lipinski definition) is 6. The first-order valence-corrected chi connectivity index (χ1v) is 10.7. The van der Waals surface area contributed by atoms with E-state index in [9.17, 15) is 14.4 Å². The van der Waals surface area contributed by atoms with Crippen LogP contribution in [0.1, 0.15) is 38.9 Å². The number of rotatable bonds is 6. The third-order valence-electron chi connectivity index (χ3n) is 6.00. The van der Waals surface area contributed by atoms with Gasteiger partial charge < -0.3 is 19.7 Å². The second-order valence-electron chi connectivity index (χ2n) is 7.84. The second kappa shape index (κ2) is 8.51. The van der Waals surface area contributed by atoms with E-state index in [1.807, 2.05) is 0 Å². The van der Waals surface area contributed by atoms with Crippen LogP contribution in [-0.4, -0.2) is 48.4 Å². The minimum Gasteiger partial charge on any atom is -0.493 e. The lowest BCUT2D eigenvalue weighted by molar-refractivity contribution is -0.116. The number of nitrogens with one attached hydrogen (secondary N) is 1. The van der Waals surface area contributed by atoms with Crippen molar-refractivity contribution in [3.63, 3.8) is 0 Å². The Bertz CT molecular complexity index is 1290. The molecule has 3 amide bonds. The molecule has 9 heteroatoms. The fourth-order valence-electron chi connectivity index (χ4n) is 4.52. The number of anilines is 2. The molecule has 172 valence electrons. The number of para-hydroxylation sites is 1. The van der Waals surface area contributed by atoms with Crippen molar-refractivity contribution in [1.82, 2.24) is 9.88 Å². The molecule has 0 saturated heterocycles. The average molecular weight is 458 g/mol. The maximum absolute atomic E-state index is 13.6. The number of ether oxygens (including phenoxy) is 2. The molecule has 0 fully saturated rings. The second-order valence-corrected chi connectivity index (χ2v) is 7.84. The van der Waals surface area contributed by atoms with Gasteiger partial charge in [0.15, 0.2) is 11.5 Å². The number of hydrogen-bond donors (Lipinski definition) is 1. The summed E-state index contributed by atoms with van der Waals surface area (Å²) in [7, 11) is 2.98. The van der Waals surface area contributed by atoms with E-state index >= 15 is 0 Å². The maximum atomic E-state index is 13.6. The summed E-state index contributed by atoms with van der Waals surface area (Å²) in [6.45, 7) is 0.105. The van der Waals surface area contributed by atoms with Crippen molar-refractivity contribution in [3.05, 3.63) is 77.5 Å². The number of nitrogens with zero attached hydrogens (tertiary/aromatic N) is 3. The molecule has 3 aromatic rings. The van der Waals surface area contributed by atoms with Crippen LogP contribution in [0.2, 0.25) is 0 Å². The van der Waals surface area contributed by atoms with Crippen LogP contribution >= 0.6 is 0 Å². The quantitative estimate of drug-likeness (QED) is 0.609. The average Bonchev–Trinajstić information content (AvgIpc) is 3.16. The molecule has 0 spiro atoms. The number of pyridine rings is 1. The predicted molar refractivity (Wildman–Crippen MR) is 124 cm³/mol. The standard InChI is InChI=1S/C25H22N4O5/c1-33-18-11-10-16-21(22(18)34-2)25(32)29-17-8-4-3-7-15(17)24(31)28(23(16)29)14-12-20(30)27-19-9-5-6-13-26-19/h3-11,13,23H,12,14H2,1-2H3,(H,26,27,30)/t23-/m1/s1. The van der Waals surface area contributed by atoms with Crippen LogP contribution in [0.25, 0.3) is 0 Å². The predicted octanol–water partition coefficient (Wildman–Crippen LogP) is 3.24. The molecule has 9 nitrogen and oxygen atoms in total. The van der Waals surface area contributed by atoms with Crippen LogP contribution < -0.4 is 19.7 Å². The number of aromatic nitrogens is 1. The zero-order chi connectivity index (χ0) is 23.8. The van der Waals surface area contributed by atoms with Crippen molar-refractivity contribution in [3.8, 4) is 11.5 Å². The van der Waals surface area contributed by atoms with Crippen LogP contribution in [0.3, 0.4) is 0 Å². The molecule has 0 unspecified atom stereocenters. The highest BCUT2D eigenvalue weighted by atomic mass is 16.5. The molecule has 1 atom stereocenters. The Hall–Kier alpha value is -4.40. The Morgan fingerprint density at radius 1 is 1.00 bits per heavy atom. The highest BCUT2D eigenvalue weighted by Crippen LogP contribution is 2.49. The molecule has 3 heterocycles.